The third-order valence-corrected chi connectivity index (χ3v) is 5.63. The maximum Gasteiger partial charge on any atom is 0.300 e. The number of Topliss-reactive ketones (excluding diaryl/α,β-unsaturated/α-hetero) is 1. The van der Waals surface area contributed by atoms with E-state index in [1.807, 2.05) is 37.3 Å². The summed E-state index contributed by atoms with van der Waals surface area (Å²) in [5.41, 5.74) is 1.81. The van der Waals surface area contributed by atoms with Gasteiger partial charge in [-0.25, -0.2) is 0 Å². The molecule has 0 spiro atoms. The highest BCUT2D eigenvalue weighted by molar-refractivity contribution is 9.10. The molecule has 0 aromatic heterocycles. The number of hydrogen-bond donors (Lipinski definition) is 1. The maximum absolute atomic E-state index is 13.1. The zero-order chi connectivity index (χ0) is 22.0. The fourth-order valence-electron chi connectivity index (χ4n) is 3.68. The Morgan fingerprint density at radius 3 is 2.23 bits per heavy atom. The van der Waals surface area contributed by atoms with E-state index >= 15 is 0 Å². The average molecular weight is 478 g/mol. The van der Waals surface area contributed by atoms with Crippen molar-refractivity contribution in [3.05, 3.63) is 100 Å². The van der Waals surface area contributed by atoms with Gasteiger partial charge in [-0.2, -0.15) is 0 Å². The molecule has 1 saturated heterocycles. The number of halogens is 1. The highest BCUT2D eigenvalue weighted by atomic mass is 79.9. The second-order valence-electron chi connectivity index (χ2n) is 7.01. The van der Waals surface area contributed by atoms with Crippen molar-refractivity contribution in [2.24, 2.45) is 0 Å². The average Bonchev–Trinajstić information content (AvgIpc) is 3.06. The molecule has 1 heterocycles. The van der Waals surface area contributed by atoms with Gasteiger partial charge in [0.2, 0.25) is 0 Å². The van der Waals surface area contributed by atoms with Crippen LogP contribution in [0.4, 0.5) is 5.69 Å². The molecule has 1 unspecified atom stereocenters. The van der Waals surface area contributed by atoms with E-state index < -0.39 is 17.7 Å². The van der Waals surface area contributed by atoms with Gasteiger partial charge >= 0.3 is 0 Å². The van der Waals surface area contributed by atoms with Crippen molar-refractivity contribution in [3.63, 3.8) is 0 Å². The number of ether oxygens (including phenoxy) is 1. The van der Waals surface area contributed by atoms with E-state index in [9.17, 15) is 14.7 Å². The molecule has 5 nitrogen and oxygen atoms in total. The lowest BCUT2D eigenvalue weighted by molar-refractivity contribution is -0.132. The van der Waals surface area contributed by atoms with Crippen molar-refractivity contribution in [1.29, 1.82) is 0 Å². The number of benzene rings is 3. The zero-order valence-electron chi connectivity index (χ0n) is 16.8. The van der Waals surface area contributed by atoms with Crippen LogP contribution in [0.3, 0.4) is 0 Å². The number of ketones is 1. The summed E-state index contributed by atoms with van der Waals surface area (Å²) in [6, 6.07) is 22.4. The predicted octanol–water partition coefficient (Wildman–Crippen LogP) is 5.47. The van der Waals surface area contributed by atoms with Crippen LogP contribution in [0, 0.1) is 0 Å². The van der Waals surface area contributed by atoms with Crippen molar-refractivity contribution in [1.82, 2.24) is 0 Å². The Labute approximate surface area is 188 Å². The van der Waals surface area contributed by atoms with Gasteiger partial charge in [0.1, 0.15) is 11.5 Å². The minimum atomic E-state index is -0.758. The molecule has 0 radical (unpaired) electrons. The number of anilines is 1. The highest BCUT2D eigenvalue weighted by Crippen LogP contribution is 2.42. The van der Waals surface area contributed by atoms with Crippen molar-refractivity contribution in [2.75, 3.05) is 11.5 Å². The van der Waals surface area contributed by atoms with Crippen molar-refractivity contribution < 1.29 is 19.4 Å². The van der Waals surface area contributed by atoms with Gasteiger partial charge in [-0.05, 0) is 48.9 Å². The summed E-state index contributed by atoms with van der Waals surface area (Å²) in [4.78, 5) is 27.6. The summed E-state index contributed by atoms with van der Waals surface area (Å²) in [7, 11) is 0. The van der Waals surface area contributed by atoms with Crippen LogP contribution in [-0.4, -0.2) is 23.4 Å². The third kappa shape index (κ3) is 3.99. The topological polar surface area (TPSA) is 66.8 Å². The van der Waals surface area contributed by atoms with E-state index in [-0.39, 0.29) is 11.3 Å². The first kappa shape index (κ1) is 20.9. The van der Waals surface area contributed by atoms with Gasteiger partial charge in [-0.3, -0.25) is 14.5 Å². The zero-order valence-corrected chi connectivity index (χ0v) is 18.4. The molecule has 1 aliphatic heterocycles. The largest absolute Gasteiger partial charge is 0.507 e. The smallest absolute Gasteiger partial charge is 0.300 e. The van der Waals surface area contributed by atoms with Gasteiger partial charge in [0.05, 0.1) is 18.2 Å². The summed E-state index contributed by atoms with van der Waals surface area (Å²) < 4.78 is 6.36. The Morgan fingerprint density at radius 2 is 1.61 bits per heavy atom. The molecule has 1 amide bonds. The second kappa shape index (κ2) is 8.78. The highest BCUT2D eigenvalue weighted by Gasteiger charge is 2.46. The van der Waals surface area contributed by atoms with E-state index in [1.165, 1.54) is 4.90 Å². The Balaban J connectivity index is 1.88. The maximum atomic E-state index is 13.1. The first-order valence-electron chi connectivity index (χ1n) is 9.86. The number of hydrogen-bond acceptors (Lipinski definition) is 4. The molecule has 1 aliphatic rings. The van der Waals surface area contributed by atoms with E-state index in [0.29, 0.717) is 29.2 Å². The number of aliphatic hydroxyl groups excluding tert-OH is 1. The first-order chi connectivity index (χ1) is 15.0. The molecular formula is C25H20BrNO4. The minimum absolute atomic E-state index is 0.0624. The number of amides is 1. The quantitative estimate of drug-likeness (QED) is 0.300. The molecule has 6 heteroatoms. The number of rotatable bonds is 5. The van der Waals surface area contributed by atoms with E-state index in [4.69, 9.17) is 4.74 Å². The molecule has 3 aromatic carbocycles. The Hall–Kier alpha value is -3.38. The lowest BCUT2D eigenvalue weighted by atomic mass is 9.95. The lowest BCUT2D eigenvalue weighted by Crippen LogP contribution is -2.29. The first-order valence-corrected chi connectivity index (χ1v) is 10.6. The third-order valence-electron chi connectivity index (χ3n) is 5.10. The molecule has 156 valence electrons. The van der Waals surface area contributed by atoms with Crippen LogP contribution in [-0.2, 0) is 9.59 Å². The summed E-state index contributed by atoms with van der Waals surface area (Å²) in [6.07, 6.45) is 0. The second-order valence-corrected chi connectivity index (χ2v) is 7.93. The normalized spacial score (nSPS) is 17.7. The Bertz CT molecular complexity index is 1140. The van der Waals surface area contributed by atoms with Crippen LogP contribution < -0.4 is 9.64 Å². The molecular weight excluding hydrogens is 458 g/mol. The molecule has 1 atom stereocenters. The van der Waals surface area contributed by atoms with Gasteiger partial charge in [-0.1, -0.05) is 58.4 Å². The number of nitrogens with zero attached hydrogens (tertiary/aromatic N) is 1. The van der Waals surface area contributed by atoms with Crippen LogP contribution in [0.25, 0.3) is 5.76 Å². The number of carbonyl (C=O) groups is 2. The molecule has 0 bridgehead atoms. The fourth-order valence-corrected chi connectivity index (χ4v) is 3.94. The van der Waals surface area contributed by atoms with Crippen molar-refractivity contribution in [3.8, 4) is 5.75 Å². The monoisotopic (exact) mass is 477 g/mol. The molecule has 31 heavy (non-hydrogen) atoms. The molecule has 1 fully saturated rings. The molecule has 4 rings (SSSR count). The van der Waals surface area contributed by atoms with Crippen LogP contribution in [0.1, 0.15) is 24.1 Å². The fraction of sp³-hybridized carbons (Fsp3) is 0.120. The molecule has 1 N–H and O–H groups in total. The summed E-state index contributed by atoms with van der Waals surface area (Å²) in [5, 5.41) is 11.0. The standard InChI is InChI=1S/C25H20BrNO4/c1-2-31-20-14-12-19(13-15-20)27-22(16-8-10-18(26)11-9-16)21(24(29)25(27)30)23(28)17-6-4-3-5-7-17/h3-15,22,28H,2H2,1H3. The summed E-state index contributed by atoms with van der Waals surface area (Å²) in [6.45, 7) is 2.42. The SMILES string of the molecule is CCOc1ccc(N2C(=O)C(=O)C(=C(O)c3ccccc3)C2c2ccc(Br)cc2)cc1. The van der Waals surface area contributed by atoms with E-state index in [1.54, 1.807) is 48.5 Å². The summed E-state index contributed by atoms with van der Waals surface area (Å²) in [5.74, 6) is -0.926. The lowest BCUT2D eigenvalue weighted by Gasteiger charge is -2.25. The van der Waals surface area contributed by atoms with Crippen molar-refractivity contribution >= 4 is 39.1 Å². The number of carbonyl (C=O) groups excluding carboxylic acids is 2. The van der Waals surface area contributed by atoms with Crippen LogP contribution in [0.15, 0.2) is 88.9 Å². The Morgan fingerprint density at radius 1 is 0.968 bits per heavy atom. The van der Waals surface area contributed by atoms with Gasteiger partial charge in [0, 0.05) is 15.7 Å². The van der Waals surface area contributed by atoms with Gasteiger partial charge in [-0.15, -0.1) is 0 Å². The van der Waals surface area contributed by atoms with Gasteiger partial charge in [0.25, 0.3) is 11.7 Å². The molecule has 0 saturated carbocycles. The summed E-state index contributed by atoms with van der Waals surface area (Å²) >= 11 is 3.42. The van der Waals surface area contributed by atoms with Crippen molar-refractivity contribution in [2.45, 2.75) is 13.0 Å². The van der Waals surface area contributed by atoms with Gasteiger partial charge < -0.3 is 9.84 Å². The molecule has 0 aliphatic carbocycles. The number of aliphatic hydroxyl groups is 1. The Kier molecular flexibility index (Phi) is 5.91. The van der Waals surface area contributed by atoms with Crippen LogP contribution in [0.2, 0.25) is 0 Å². The minimum Gasteiger partial charge on any atom is -0.507 e. The molecule has 3 aromatic rings. The van der Waals surface area contributed by atoms with Crippen LogP contribution >= 0.6 is 15.9 Å². The van der Waals surface area contributed by atoms with Gasteiger partial charge in [0.15, 0.2) is 0 Å². The van der Waals surface area contributed by atoms with Crippen LogP contribution in [0.5, 0.6) is 5.75 Å². The predicted molar refractivity (Wildman–Crippen MR) is 123 cm³/mol. The van der Waals surface area contributed by atoms with E-state index in [0.717, 1.165) is 4.47 Å². The van der Waals surface area contributed by atoms with E-state index in [2.05, 4.69) is 15.9 Å².